The van der Waals surface area contributed by atoms with Crippen LogP contribution >= 0.6 is 0 Å². The Morgan fingerprint density at radius 3 is 1.35 bits per heavy atom. The number of hydrogen-bond acceptors (Lipinski definition) is 0. The Labute approximate surface area is 247 Å². The first kappa shape index (κ1) is 36.2. The summed E-state index contributed by atoms with van der Waals surface area (Å²) >= 11 is 0. The molecule has 0 N–H and O–H groups in total. The zero-order valence-corrected chi connectivity index (χ0v) is 26.8. The Hall–Kier alpha value is -3.82. The Bertz CT molecular complexity index is 1240. The molecule has 212 valence electrons. The molecule has 0 radical (unpaired) electrons. The molecule has 40 heavy (non-hydrogen) atoms. The summed E-state index contributed by atoms with van der Waals surface area (Å²) in [6.45, 7) is 21.1. The van der Waals surface area contributed by atoms with Crippen molar-refractivity contribution >= 4 is 0 Å². The molecule has 0 heterocycles. The van der Waals surface area contributed by atoms with Gasteiger partial charge in [-0.1, -0.05) is 154 Å². The van der Waals surface area contributed by atoms with E-state index in [0.717, 1.165) is 18.4 Å². The zero-order chi connectivity index (χ0) is 30.2. The van der Waals surface area contributed by atoms with Crippen LogP contribution < -0.4 is 0 Å². The first-order valence-corrected chi connectivity index (χ1v) is 14.2. The molecule has 0 aliphatic heterocycles. The van der Waals surface area contributed by atoms with Gasteiger partial charge in [0.1, 0.15) is 0 Å². The summed E-state index contributed by atoms with van der Waals surface area (Å²) in [6, 6.07) is 0. The fraction of sp³-hybridized carbons (Fsp3) is 0.300. The van der Waals surface area contributed by atoms with Gasteiger partial charge in [0.05, 0.1) is 0 Å². The number of rotatable bonds is 13. The molecule has 0 unspecified atom stereocenters. The SMILES string of the molecule is CC(C)=CC#C/C(C)=C/C=C/C(C)=C/C=C/C(C)=C/C=C/C=C(C)/C=C/C=C(C)/C=C/C=C(\C)CCC=C(C)C. The van der Waals surface area contributed by atoms with Crippen LogP contribution in [0.2, 0.25) is 0 Å². The summed E-state index contributed by atoms with van der Waals surface area (Å²) in [7, 11) is 0. The predicted octanol–water partition coefficient (Wildman–Crippen LogP) is 12.2. The summed E-state index contributed by atoms with van der Waals surface area (Å²) in [6.07, 6.45) is 40.2. The highest BCUT2D eigenvalue weighted by atomic mass is 13.9. The molecule has 0 atom stereocenters. The van der Waals surface area contributed by atoms with Gasteiger partial charge >= 0.3 is 0 Å². The van der Waals surface area contributed by atoms with Gasteiger partial charge in [-0.3, -0.25) is 0 Å². The zero-order valence-electron chi connectivity index (χ0n) is 26.8. The average molecular weight is 533 g/mol. The molecule has 0 aliphatic rings. The van der Waals surface area contributed by atoms with Crippen molar-refractivity contribution in [2.75, 3.05) is 0 Å². The van der Waals surface area contributed by atoms with Crippen LogP contribution in [0.1, 0.15) is 82.1 Å². The molecule has 0 aliphatic carbocycles. The largest absolute Gasteiger partial charge is 0.0856 e. The maximum Gasteiger partial charge on any atom is -0.000725 e. The Balaban J connectivity index is 4.77. The topological polar surface area (TPSA) is 0 Å². The molecule has 0 heteroatoms. The van der Waals surface area contributed by atoms with E-state index >= 15 is 0 Å². The molecule has 0 fully saturated rings. The van der Waals surface area contributed by atoms with Gasteiger partial charge in [0.25, 0.3) is 0 Å². The standard InChI is InChI=1S/C40H52/c1-33(2)19-13-23-37(7)27-17-31-39(9)29-15-25-35(5)21-11-12-22-36(6)26-16-30-40(10)32-18-28-38(8)24-14-20-34(3)4/h11-12,15-22,25-32H,13,23H2,1-10H3/b12-11+,25-15+,26-16+,31-17+,32-18+,35-21+,36-22+,37-27+,38-28+,39-29+,40-30+. The van der Waals surface area contributed by atoms with Crippen molar-refractivity contribution in [2.45, 2.75) is 82.1 Å². The van der Waals surface area contributed by atoms with Crippen molar-refractivity contribution < 1.29 is 0 Å². The van der Waals surface area contributed by atoms with Crippen LogP contribution in [0.25, 0.3) is 0 Å². The Morgan fingerprint density at radius 1 is 0.475 bits per heavy atom. The third-order valence-electron chi connectivity index (χ3n) is 5.43. The minimum absolute atomic E-state index is 1.05. The van der Waals surface area contributed by atoms with Crippen LogP contribution in [0.15, 0.2) is 154 Å². The molecule has 0 rings (SSSR count). The second kappa shape index (κ2) is 23.1. The molecule has 0 nitrogen and oxygen atoms in total. The maximum absolute atomic E-state index is 3.13. The first-order chi connectivity index (χ1) is 19.0. The lowest BCUT2D eigenvalue weighted by molar-refractivity contribution is 0.967. The average Bonchev–Trinajstić information content (AvgIpc) is 2.86. The van der Waals surface area contributed by atoms with Gasteiger partial charge in [-0.25, -0.2) is 0 Å². The fourth-order valence-electron chi connectivity index (χ4n) is 3.06. The first-order valence-electron chi connectivity index (χ1n) is 14.2. The smallest absolute Gasteiger partial charge is 0.000725 e. The van der Waals surface area contributed by atoms with Gasteiger partial charge in [-0.05, 0) is 93.7 Å². The lowest BCUT2D eigenvalue weighted by Crippen LogP contribution is -1.76. The highest BCUT2D eigenvalue weighted by Crippen LogP contribution is 2.08. The van der Waals surface area contributed by atoms with Gasteiger partial charge in [-0.15, -0.1) is 0 Å². The van der Waals surface area contributed by atoms with Crippen LogP contribution in [-0.4, -0.2) is 0 Å². The minimum atomic E-state index is 1.05. The summed E-state index contributed by atoms with van der Waals surface area (Å²) in [5, 5.41) is 0. The minimum Gasteiger partial charge on any atom is -0.0856 e. The van der Waals surface area contributed by atoms with Gasteiger partial charge in [0, 0.05) is 0 Å². The molecule has 0 aromatic heterocycles. The van der Waals surface area contributed by atoms with Gasteiger partial charge in [0.15, 0.2) is 0 Å². The molecule has 0 spiro atoms. The summed E-state index contributed by atoms with van der Waals surface area (Å²) in [4.78, 5) is 0. The van der Waals surface area contributed by atoms with Crippen molar-refractivity contribution in [1.82, 2.24) is 0 Å². The van der Waals surface area contributed by atoms with E-state index in [4.69, 9.17) is 0 Å². The van der Waals surface area contributed by atoms with Crippen molar-refractivity contribution in [3.63, 3.8) is 0 Å². The van der Waals surface area contributed by atoms with Crippen LogP contribution in [-0.2, 0) is 0 Å². The Kier molecular flexibility index (Phi) is 20.9. The number of hydrogen-bond donors (Lipinski definition) is 0. The number of allylic oxidation sites excluding steroid dienone is 26. The van der Waals surface area contributed by atoms with Gasteiger partial charge < -0.3 is 0 Å². The molecule has 0 saturated carbocycles. The van der Waals surface area contributed by atoms with Gasteiger partial charge in [0.2, 0.25) is 0 Å². The summed E-state index contributed by atoms with van der Waals surface area (Å²) in [5.41, 5.74) is 9.88. The summed E-state index contributed by atoms with van der Waals surface area (Å²) < 4.78 is 0. The van der Waals surface area contributed by atoms with Crippen LogP contribution in [0.5, 0.6) is 0 Å². The molecule has 0 aromatic carbocycles. The molecular formula is C40H52. The monoisotopic (exact) mass is 532 g/mol. The normalized spacial score (nSPS) is 14.7. The highest BCUT2D eigenvalue weighted by Gasteiger charge is 1.87. The third-order valence-corrected chi connectivity index (χ3v) is 5.43. The highest BCUT2D eigenvalue weighted by molar-refractivity contribution is 5.36. The van der Waals surface area contributed by atoms with E-state index in [0.29, 0.717) is 0 Å². The molecule has 0 aromatic rings. The lowest BCUT2D eigenvalue weighted by Gasteiger charge is -1.96. The second-order valence-electron chi connectivity index (χ2n) is 10.6. The predicted molar refractivity (Wildman–Crippen MR) is 184 cm³/mol. The van der Waals surface area contributed by atoms with Gasteiger partial charge in [-0.2, -0.15) is 0 Å². The van der Waals surface area contributed by atoms with Crippen molar-refractivity contribution in [3.05, 3.63) is 154 Å². The quantitative estimate of drug-likeness (QED) is 0.126. The van der Waals surface area contributed by atoms with E-state index in [-0.39, 0.29) is 0 Å². The van der Waals surface area contributed by atoms with E-state index in [1.807, 2.05) is 39.0 Å². The molecule has 0 amide bonds. The van der Waals surface area contributed by atoms with E-state index < -0.39 is 0 Å². The Morgan fingerprint density at radius 2 is 0.900 bits per heavy atom. The lowest BCUT2D eigenvalue weighted by atomic mass is 10.1. The third kappa shape index (κ3) is 24.5. The summed E-state index contributed by atoms with van der Waals surface area (Å²) in [5.74, 6) is 6.19. The second-order valence-corrected chi connectivity index (χ2v) is 10.6. The molecular weight excluding hydrogens is 480 g/mol. The molecule has 0 bridgehead atoms. The van der Waals surface area contributed by atoms with E-state index in [2.05, 4.69) is 151 Å². The van der Waals surface area contributed by atoms with E-state index in [9.17, 15) is 0 Å². The van der Waals surface area contributed by atoms with E-state index in [1.165, 1.54) is 39.0 Å². The van der Waals surface area contributed by atoms with E-state index in [1.54, 1.807) is 0 Å². The fourth-order valence-corrected chi connectivity index (χ4v) is 3.06. The van der Waals surface area contributed by atoms with Crippen molar-refractivity contribution in [1.29, 1.82) is 0 Å². The maximum atomic E-state index is 3.13. The van der Waals surface area contributed by atoms with Crippen LogP contribution in [0, 0.1) is 11.8 Å². The van der Waals surface area contributed by atoms with Crippen LogP contribution in [0.4, 0.5) is 0 Å². The van der Waals surface area contributed by atoms with Crippen molar-refractivity contribution in [3.8, 4) is 11.8 Å². The van der Waals surface area contributed by atoms with Crippen molar-refractivity contribution in [2.24, 2.45) is 0 Å². The van der Waals surface area contributed by atoms with Crippen LogP contribution in [0.3, 0.4) is 0 Å². The molecule has 0 saturated heterocycles.